The summed E-state index contributed by atoms with van der Waals surface area (Å²) in [7, 11) is 0. The quantitative estimate of drug-likeness (QED) is 0.766. The molecule has 1 unspecified atom stereocenters. The summed E-state index contributed by atoms with van der Waals surface area (Å²) < 4.78 is 0. The van der Waals surface area contributed by atoms with Crippen molar-refractivity contribution in [2.45, 2.75) is 44.1 Å². The van der Waals surface area contributed by atoms with Crippen LogP contribution in [0.2, 0.25) is 10.0 Å². The highest BCUT2D eigenvalue weighted by Gasteiger charge is 2.37. The Bertz CT molecular complexity index is 429. The molecule has 4 heteroatoms. The van der Waals surface area contributed by atoms with Crippen LogP contribution in [0.1, 0.15) is 37.7 Å². The fourth-order valence-corrected chi connectivity index (χ4v) is 3.72. The van der Waals surface area contributed by atoms with Gasteiger partial charge in [-0.25, -0.2) is 0 Å². The minimum atomic E-state index is -0.862. The maximum Gasteiger partial charge on any atom is 0.0851 e. The molecule has 1 fully saturated rings. The molecule has 0 bridgehead atoms. The first-order valence-corrected chi connectivity index (χ1v) is 8.06. The average molecular weight is 322 g/mol. The minimum Gasteiger partial charge on any atom is -0.388 e. The molecule has 1 aromatic carbocycles. The predicted molar refractivity (Wildman–Crippen MR) is 82.4 cm³/mol. The van der Waals surface area contributed by atoms with E-state index in [-0.39, 0.29) is 11.8 Å². The van der Waals surface area contributed by atoms with E-state index in [1.807, 2.05) is 6.07 Å². The number of aliphatic hydroxyl groups is 1. The van der Waals surface area contributed by atoms with Gasteiger partial charge in [-0.1, -0.05) is 48.5 Å². The second-order valence-electron chi connectivity index (χ2n) is 5.48. The first-order valence-electron chi connectivity index (χ1n) is 6.77. The van der Waals surface area contributed by atoms with Gasteiger partial charge in [-0.15, -0.1) is 11.6 Å². The second-order valence-corrected chi connectivity index (χ2v) is 6.60. The zero-order valence-electron chi connectivity index (χ0n) is 10.8. The van der Waals surface area contributed by atoms with Crippen LogP contribution in [0.5, 0.6) is 0 Å². The van der Waals surface area contributed by atoms with Crippen molar-refractivity contribution in [1.29, 1.82) is 0 Å². The fraction of sp³-hybridized carbons (Fsp3) is 0.600. The minimum absolute atomic E-state index is 0.247. The summed E-state index contributed by atoms with van der Waals surface area (Å²) in [5.41, 5.74) is 0.0548. The Morgan fingerprint density at radius 2 is 1.84 bits per heavy atom. The molecule has 106 valence electrons. The van der Waals surface area contributed by atoms with Gasteiger partial charge in [0.2, 0.25) is 0 Å². The highest BCUT2D eigenvalue weighted by molar-refractivity contribution is 6.35. The van der Waals surface area contributed by atoms with Gasteiger partial charge in [-0.2, -0.15) is 0 Å². The Labute approximate surface area is 129 Å². The molecular formula is C15H19Cl3O. The van der Waals surface area contributed by atoms with Gasteiger partial charge in [-0.05, 0) is 36.5 Å². The molecule has 1 N–H and O–H groups in total. The summed E-state index contributed by atoms with van der Waals surface area (Å²) in [6, 6.07) is 5.40. The molecule has 1 aromatic rings. The van der Waals surface area contributed by atoms with Crippen molar-refractivity contribution in [2.24, 2.45) is 5.92 Å². The summed E-state index contributed by atoms with van der Waals surface area (Å²) >= 11 is 18.1. The molecule has 2 rings (SSSR count). The number of halogens is 3. The SMILES string of the molecule is OC(CCl)(Cc1ccc(Cl)cc1Cl)C1CCCCC1. The molecule has 1 atom stereocenters. The van der Waals surface area contributed by atoms with Crippen molar-refractivity contribution in [3.05, 3.63) is 33.8 Å². The zero-order chi connectivity index (χ0) is 13.9. The van der Waals surface area contributed by atoms with Gasteiger partial charge in [0.05, 0.1) is 11.5 Å². The number of rotatable bonds is 4. The van der Waals surface area contributed by atoms with Crippen molar-refractivity contribution in [3.8, 4) is 0 Å². The summed E-state index contributed by atoms with van der Waals surface area (Å²) in [4.78, 5) is 0. The second kappa shape index (κ2) is 6.67. The van der Waals surface area contributed by atoms with Gasteiger partial charge in [0.1, 0.15) is 0 Å². The fourth-order valence-electron chi connectivity index (χ4n) is 2.94. The molecule has 0 aliphatic heterocycles. The molecule has 1 aliphatic carbocycles. The molecule has 1 nitrogen and oxygen atoms in total. The van der Waals surface area contributed by atoms with Crippen molar-refractivity contribution in [2.75, 3.05) is 5.88 Å². The molecule has 0 radical (unpaired) electrons. The summed E-state index contributed by atoms with van der Waals surface area (Å²) in [6.45, 7) is 0. The number of hydrogen-bond acceptors (Lipinski definition) is 1. The molecule has 1 aliphatic rings. The van der Waals surface area contributed by atoms with Gasteiger partial charge in [0.15, 0.2) is 0 Å². The van der Waals surface area contributed by atoms with E-state index in [0.29, 0.717) is 16.5 Å². The zero-order valence-corrected chi connectivity index (χ0v) is 13.1. The standard InChI is InChI=1S/C15H19Cl3O/c16-10-15(19,12-4-2-1-3-5-12)9-11-6-7-13(17)8-14(11)18/h6-8,12,19H,1-5,9-10H2. The van der Waals surface area contributed by atoms with E-state index in [4.69, 9.17) is 34.8 Å². The van der Waals surface area contributed by atoms with E-state index in [9.17, 15) is 5.11 Å². The molecule has 0 spiro atoms. The maximum atomic E-state index is 10.9. The topological polar surface area (TPSA) is 20.2 Å². The maximum absolute atomic E-state index is 10.9. The third kappa shape index (κ3) is 3.78. The van der Waals surface area contributed by atoms with E-state index in [2.05, 4.69) is 0 Å². The molecule has 0 heterocycles. The smallest absolute Gasteiger partial charge is 0.0851 e. The largest absolute Gasteiger partial charge is 0.388 e. The van der Waals surface area contributed by atoms with Crippen LogP contribution in [0.25, 0.3) is 0 Å². The lowest BCUT2D eigenvalue weighted by molar-refractivity contribution is -0.0126. The van der Waals surface area contributed by atoms with Crippen molar-refractivity contribution in [3.63, 3.8) is 0 Å². The Balaban J connectivity index is 2.16. The van der Waals surface area contributed by atoms with Gasteiger partial charge >= 0.3 is 0 Å². The van der Waals surface area contributed by atoms with Crippen LogP contribution in [0.3, 0.4) is 0 Å². The molecule has 0 saturated heterocycles. The van der Waals surface area contributed by atoms with Crippen molar-refractivity contribution < 1.29 is 5.11 Å². The Hall–Kier alpha value is 0.0500. The van der Waals surface area contributed by atoms with E-state index in [0.717, 1.165) is 18.4 Å². The highest BCUT2D eigenvalue weighted by atomic mass is 35.5. The van der Waals surface area contributed by atoms with Gasteiger partial charge in [0.25, 0.3) is 0 Å². The molecule has 0 aromatic heterocycles. The van der Waals surface area contributed by atoms with E-state index < -0.39 is 5.60 Å². The number of benzene rings is 1. The van der Waals surface area contributed by atoms with Crippen LogP contribution in [-0.2, 0) is 6.42 Å². The van der Waals surface area contributed by atoms with Crippen LogP contribution >= 0.6 is 34.8 Å². The third-order valence-electron chi connectivity index (χ3n) is 4.11. The molecule has 19 heavy (non-hydrogen) atoms. The van der Waals surface area contributed by atoms with Gasteiger partial charge in [0, 0.05) is 16.5 Å². The first kappa shape index (κ1) is 15.4. The monoisotopic (exact) mass is 320 g/mol. The molecule has 1 saturated carbocycles. The van der Waals surface area contributed by atoms with E-state index >= 15 is 0 Å². The third-order valence-corrected chi connectivity index (χ3v) is 5.16. The van der Waals surface area contributed by atoms with Crippen LogP contribution in [-0.4, -0.2) is 16.6 Å². The van der Waals surface area contributed by atoms with Crippen LogP contribution in [0.4, 0.5) is 0 Å². The van der Waals surface area contributed by atoms with Crippen LogP contribution < -0.4 is 0 Å². The van der Waals surface area contributed by atoms with Gasteiger partial charge < -0.3 is 5.11 Å². The predicted octanol–water partition coefficient (Wildman–Crippen LogP) is 5.09. The Morgan fingerprint density at radius 1 is 1.16 bits per heavy atom. The lowest BCUT2D eigenvalue weighted by atomic mass is 9.75. The highest BCUT2D eigenvalue weighted by Crippen LogP contribution is 2.37. The molecular weight excluding hydrogens is 303 g/mol. The first-order chi connectivity index (χ1) is 9.05. The van der Waals surface area contributed by atoms with Crippen molar-refractivity contribution >= 4 is 34.8 Å². The van der Waals surface area contributed by atoms with E-state index in [1.165, 1.54) is 19.3 Å². The van der Waals surface area contributed by atoms with Crippen LogP contribution in [0, 0.1) is 5.92 Å². The summed E-state index contributed by atoms with van der Waals surface area (Å²) in [5, 5.41) is 12.1. The number of hydrogen-bond donors (Lipinski definition) is 1. The summed E-state index contributed by atoms with van der Waals surface area (Å²) in [6.07, 6.45) is 6.22. The molecule has 0 amide bonds. The Morgan fingerprint density at radius 3 is 2.42 bits per heavy atom. The normalized spacial score (nSPS) is 20.2. The van der Waals surface area contributed by atoms with Crippen molar-refractivity contribution in [1.82, 2.24) is 0 Å². The lowest BCUT2D eigenvalue weighted by Gasteiger charge is -2.37. The van der Waals surface area contributed by atoms with Gasteiger partial charge in [-0.3, -0.25) is 0 Å². The summed E-state index contributed by atoms with van der Waals surface area (Å²) in [5.74, 6) is 0.516. The van der Waals surface area contributed by atoms with Crippen LogP contribution in [0.15, 0.2) is 18.2 Å². The van der Waals surface area contributed by atoms with E-state index in [1.54, 1.807) is 12.1 Å². The average Bonchev–Trinajstić information content (AvgIpc) is 2.43. The Kier molecular flexibility index (Phi) is 5.42. The lowest BCUT2D eigenvalue weighted by Crippen LogP contribution is -2.43. The number of alkyl halides is 1.